The van der Waals surface area contributed by atoms with Crippen LogP contribution in [-0.2, 0) is 14.3 Å². The van der Waals surface area contributed by atoms with Crippen LogP contribution in [0.25, 0.3) is 0 Å². The first-order valence-electron chi connectivity index (χ1n) is 6.06. The van der Waals surface area contributed by atoms with Crippen LogP contribution in [0.5, 0.6) is 0 Å². The van der Waals surface area contributed by atoms with Crippen molar-refractivity contribution in [1.82, 2.24) is 4.90 Å². The molecule has 0 aromatic carbocycles. The van der Waals surface area contributed by atoms with E-state index in [0.717, 1.165) is 0 Å². The summed E-state index contributed by atoms with van der Waals surface area (Å²) in [5, 5.41) is 9.08. The average molecular weight is 259 g/mol. The average Bonchev–Trinajstić information content (AvgIpc) is 2.64. The monoisotopic (exact) mass is 259 g/mol. The largest absolute Gasteiger partial charge is 0.481 e. The first-order valence-corrected chi connectivity index (χ1v) is 6.06. The van der Waals surface area contributed by atoms with E-state index in [0.29, 0.717) is 6.54 Å². The van der Waals surface area contributed by atoms with Gasteiger partial charge in [0.05, 0.1) is 19.3 Å². The fraction of sp³-hybridized carbons (Fsp3) is 0.833. The van der Waals surface area contributed by atoms with Crippen molar-refractivity contribution in [3.8, 4) is 0 Å². The highest BCUT2D eigenvalue weighted by molar-refractivity contribution is 5.74. The number of nitrogens with zero attached hydrogens (tertiary/aromatic N) is 1. The molecule has 0 radical (unpaired) electrons. The Bertz CT molecular complexity index is 323. The van der Waals surface area contributed by atoms with E-state index in [-0.39, 0.29) is 13.2 Å². The number of hydrogen-bond acceptors (Lipinski definition) is 4. The first-order chi connectivity index (χ1) is 8.26. The van der Waals surface area contributed by atoms with Crippen molar-refractivity contribution in [2.24, 2.45) is 5.92 Å². The smallest absolute Gasteiger partial charge is 0.410 e. The Morgan fingerprint density at radius 2 is 2.00 bits per heavy atom. The molecule has 0 aromatic heterocycles. The Morgan fingerprint density at radius 3 is 2.44 bits per heavy atom. The summed E-state index contributed by atoms with van der Waals surface area (Å²) in [5.41, 5.74) is -0.595. The molecule has 6 nitrogen and oxygen atoms in total. The van der Waals surface area contributed by atoms with Crippen molar-refractivity contribution in [3.05, 3.63) is 0 Å². The summed E-state index contributed by atoms with van der Waals surface area (Å²) in [6, 6.07) is -0.456. The summed E-state index contributed by atoms with van der Waals surface area (Å²) in [4.78, 5) is 24.5. The van der Waals surface area contributed by atoms with Gasteiger partial charge in [0.2, 0.25) is 0 Å². The highest BCUT2D eigenvalue weighted by Crippen LogP contribution is 2.22. The van der Waals surface area contributed by atoms with Crippen molar-refractivity contribution in [3.63, 3.8) is 0 Å². The number of rotatable bonds is 3. The second-order valence-electron chi connectivity index (χ2n) is 5.32. The summed E-state index contributed by atoms with van der Waals surface area (Å²) in [6.45, 7) is 7.90. The molecular formula is C12H21NO5. The molecule has 18 heavy (non-hydrogen) atoms. The minimum Gasteiger partial charge on any atom is -0.481 e. The molecule has 2 atom stereocenters. The van der Waals surface area contributed by atoms with Crippen molar-refractivity contribution < 1.29 is 24.2 Å². The van der Waals surface area contributed by atoms with Gasteiger partial charge in [-0.3, -0.25) is 4.79 Å². The number of hydrogen-bond donors (Lipinski definition) is 1. The van der Waals surface area contributed by atoms with Crippen molar-refractivity contribution in [2.75, 3.05) is 19.8 Å². The van der Waals surface area contributed by atoms with Crippen LogP contribution in [0.3, 0.4) is 0 Å². The number of amides is 1. The number of ether oxygens (including phenoxy) is 2. The van der Waals surface area contributed by atoms with Crippen LogP contribution in [0, 0.1) is 5.92 Å². The third kappa shape index (κ3) is 3.60. The van der Waals surface area contributed by atoms with Gasteiger partial charge in [-0.15, -0.1) is 0 Å². The maximum Gasteiger partial charge on any atom is 0.410 e. The topological polar surface area (TPSA) is 76.1 Å². The minimum atomic E-state index is -0.945. The van der Waals surface area contributed by atoms with E-state index >= 15 is 0 Å². The van der Waals surface area contributed by atoms with Crippen molar-refractivity contribution >= 4 is 12.1 Å². The van der Waals surface area contributed by atoms with Crippen LogP contribution in [0.1, 0.15) is 27.7 Å². The highest BCUT2D eigenvalue weighted by Gasteiger charge is 2.40. The number of carboxylic acids is 1. The maximum absolute atomic E-state index is 12.0. The summed E-state index contributed by atoms with van der Waals surface area (Å²) in [6.07, 6.45) is -0.494. The molecule has 1 saturated heterocycles. The molecule has 1 heterocycles. The summed E-state index contributed by atoms with van der Waals surface area (Å²) >= 11 is 0. The van der Waals surface area contributed by atoms with E-state index in [1.165, 1.54) is 4.90 Å². The lowest BCUT2D eigenvalue weighted by molar-refractivity contribution is -0.143. The van der Waals surface area contributed by atoms with Crippen molar-refractivity contribution in [1.29, 1.82) is 0 Å². The molecule has 6 heteroatoms. The molecule has 1 aliphatic heterocycles. The number of carbonyl (C=O) groups excluding carboxylic acids is 1. The Kier molecular flexibility index (Phi) is 4.56. The molecule has 1 fully saturated rings. The SMILES string of the molecule is CCN(C(=O)OC(C)(C)C)C1COCC1C(=O)O. The van der Waals surface area contributed by atoms with Crippen LogP contribution in [0.2, 0.25) is 0 Å². The van der Waals surface area contributed by atoms with Gasteiger partial charge in [-0.2, -0.15) is 0 Å². The standard InChI is InChI=1S/C12H21NO5/c1-5-13(11(16)18-12(2,3)4)9-7-17-6-8(9)10(14)15/h8-9H,5-7H2,1-4H3,(H,14,15). The van der Waals surface area contributed by atoms with Crippen molar-refractivity contribution in [2.45, 2.75) is 39.3 Å². The van der Waals surface area contributed by atoms with Gasteiger partial charge in [0, 0.05) is 6.54 Å². The zero-order valence-corrected chi connectivity index (χ0v) is 11.3. The third-order valence-electron chi connectivity index (χ3n) is 2.74. The van der Waals surface area contributed by atoms with Gasteiger partial charge >= 0.3 is 12.1 Å². The normalized spacial score (nSPS) is 23.8. The van der Waals surface area contributed by atoms with E-state index < -0.39 is 29.6 Å². The zero-order chi connectivity index (χ0) is 13.9. The maximum atomic E-state index is 12.0. The van der Waals surface area contributed by atoms with Crippen LogP contribution in [-0.4, -0.2) is 53.5 Å². The highest BCUT2D eigenvalue weighted by atomic mass is 16.6. The number of likely N-dealkylation sites (N-methyl/N-ethyl adjacent to an activating group) is 1. The predicted octanol–water partition coefficient (Wildman–Crippen LogP) is 1.34. The Hall–Kier alpha value is -1.30. The second kappa shape index (κ2) is 5.56. The van der Waals surface area contributed by atoms with Gasteiger partial charge in [-0.05, 0) is 27.7 Å². The van der Waals surface area contributed by atoms with Gasteiger partial charge in [0.15, 0.2) is 0 Å². The van der Waals surface area contributed by atoms with Crippen LogP contribution >= 0.6 is 0 Å². The summed E-state index contributed by atoms with van der Waals surface area (Å²) in [5.74, 6) is -1.63. The second-order valence-corrected chi connectivity index (χ2v) is 5.32. The van der Waals surface area contributed by atoms with Gasteiger partial charge in [0.1, 0.15) is 11.5 Å². The third-order valence-corrected chi connectivity index (χ3v) is 2.74. The van der Waals surface area contributed by atoms with E-state index in [2.05, 4.69) is 0 Å². The lowest BCUT2D eigenvalue weighted by Crippen LogP contribution is -2.48. The van der Waals surface area contributed by atoms with E-state index in [1.54, 1.807) is 27.7 Å². The van der Waals surface area contributed by atoms with E-state index in [4.69, 9.17) is 14.6 Å². The minimum absolute atomic E-state index is 0.138. The molecule has 0 aromatic rings. The summed E-state index contributed by atoms with van der Waals surface area (Å²) < 4.78 is 10.4. The Labute approximate surface area is 107 Å². The van der Waals surface area contributed by atoms with Gasteiger partial charge in [-0.1, -0.05) is 0 Å². The quantitative estimate of drug-likeness (QED) is 0.827. The first kappa shape index (κ1) is 14.8. The van der Waals surface area contributed by atoms with Crippen LogP contribution in [0.4, 0.5) is 4.79 Å². The molecule has 0 aliphatic carbocycles. The molecule has 0 spiro atoms. The molecule has 1 N–H and O–H groups in total. The number of carbonyl (C=O) groups is 2. The zero-order valence-electron chi connectivity index (χ0n) is 11.3. The predicted molar refractivity (Wildman–Crippen MR) is 64.3 cm³/mol. The summed E-state index contributed by atoms with van der Waals surface area (Å²) in [7, 11) is 0. The number of carboxylic acid groups (broad SMARTS) is 1. The molecule has 0 saturated carbocycles. The molecule has 0 bridgehead atoms. The lowest BCUT2D eigenvalue weighted by atomic mass is 10.0. The van der Waals surface area contributed by atoms with Gasteiger partial charge in [-0.25, -0.2) is 4.79 Å². The van der Waals surface area contributed by atoms with E-state index in [9.17, 15) is 9.59 Å². The Balaban J connectivity index is 2.76. The molecule has 1 amide bonds. The number of aliphatic carboxylic acids is 1. The van der Waals surface area contributed by atoms with Crippen LogP contribution in [0.15, 0.2) is 0 Å². The van der Waals surface area contributed by atoms with E-state index in [1.807, 2.05) is 0 Å². The van der Waals surface area contributed by atoms with Gasteiger partial charge < -0.3 is 19.5 Å². The fourth-order valence-corrected chi connectivity index (χ4v) is 1.91. The molecule has 104 valence electrons. The van der Waals surface area contributed by atoms with Crippen LogP contribution < -0.4 is 0 Å². The fourth-order valence-electron chi connectivity index (χ4n) is 1.91. The van der Waals surface area contributed by atoms with Gasteiger partial charge in [0.25, 0.3) is 0 Å². The lowest BCUT2D eigenvalue weighted by Gasteiger charge is -2.31. The molecule has 1 aliphatic rings. The Morgan fingerprint density at radius 1 is 1.39 bits per heavy atom. The molecule has 2 unspecified atom stereocenters. The molecule has 1 rings (SSSR count). The molecular weight excluding hydrogens is 238 g/mol.